The van der Waals surface area contributed by atoms with Crippen LogP contribution in [0.15, 0.2) is 18.2 Å². The van der Waals surface area contributed by atoms with Crippen molar-refractivity contribution in [3.05, 3.63) is 35.4 Å². The van der Waals surface area contributed by atoms with Crippen LogP contribution >= 0.6 is 0 Å². The largest absolute Gasteiger partial charge is 0.469 e. The Morgan fingerprint density at radius 1 is 1.46 bits per heavy atom. The number of carbonyl (C=O) groups is 1. The fourth-order valence-electron chi connectivity index (χ4n) is 3.56. The highest BCUT2D eigenvalue weighted by Gasteiger charge is 2.43. The van der Waals surface area contributed by atoms with Gasteiger partial charge in [0, 0.05) is 24.2 Å². The topological polar surface area (TPSA) is 91.9 Å². The van der Waals surface area contributed by atoms with E-state index >= 15 is 0 Å². The zero-order chi connectivity index (χ0) is 18.7. The molecule has 0 amide bonds. The standard InChI is InChI=1S/C18H24FN5O2/c1-11-8-16(24-23-11)22-15-5-4-13(19)14(21-15)10-18(17(25)26-3)6-7-20-12(2)9-18/h4-5,8,12,20H,6-7,9-10H2,1-3H3,(H2,21,22,23,24). The number of nitrogens with one attached hydrogen (secondary N) is 3. The number of methoxy groups -OCH3 is 1. The van der Waals surface area contributed by atoms with E-state index in [-0.39, 0.29) is 24.1 Å². The quantitative estimate of drug-likeness (QED) is 0.709. The number of aromatic amines is 1. The second kappa shape index (κ2) is 7.41. The first-order chi connectivity index (χ1) is 12.4. The average molecular weight is 361 g/mol. The first-order valence-electron chi connectivity index (χ1n) is 8.68. The molecule has 2 unspecified atom stereocenters. The van der Waals surface area contributed by atoms with Gasteiger partial charge in [0.25, 0.3) is 0 Å². The number of hydrogen-bond donors (Lipinski definition) is 3. The van der Waals surface area contributed by atoms with Crippen LogP contribution in [0.2, 0.25) is 0 Å². The van der Waals surface area contributed by atoms with Gasteiger partial charge in [0.1, 0.15) is 11.6 Å². The fourth-order valence-corrected chi connectivity index (χ4v) is 3.56. The monoisotopic (exact) mass is 361 g/mol. The summed E-state index contributed by atoms with van der Waals surface area (Å²) in [6, 6.07) is 4.90. The molecule has 2 aromatic rings. The van der Waals surface area contributed by atoms with Gasteiger partial charge in [0.15, 0.2) is 5.82 Å². The van der Waals surface area contributed by atoms with Crippen LogP contribution in [0, 0.1) is 18.2 Å². The minimum Gasteiger partial charge on any atom is -0.469 e. The van der Waals surface area contributed by atoms with Crippen LogP contribution in [0.5, 0.6) is 0 Å². The van der Waals surface area contributed by atoms with Crippen molar-refractivity contribution in [3.8, 4) is 0 Å². The summed E-state index contributed by atoms with van der Waals surface area (Å²) in [6.45, 7) is 4.58. The highest BCUT2D eigenvalue weighted by atomic mass is 19.1. The van der Waals surface area contributed by atoms with Gasteiger partial charge in [-0.3, -0.25) is 9.89 Å². The third-order valence-corrected chi connectivity index (χ3v) is 4.80. The van der Waals surface area contributed by atoms with E-state index in [1.807, 2.05) is 19.9 Å². The first-order valence-corrected chi connectivity index (χ1v) is 8.68. The molecule has 3 heterocycles. The van der Waals surface area contributed by atoms with Crippen LogP contribution < -0.4 is 10.6 Å². The lowest BCUT2D eigenvalue weighted by Gasteiger charge is -2.38. The van der Waals surface area contributed by atoms with Crippen molar-refractivity contribution < 1.29 is 13.9 Å². The molecule has 3 rings (SSSR count). The Morgan fingerprint density at radius 3 is 2.92 bits per heavy atom. The number of H-pyrrole nitrogens is 1. The van der Waals surface area contributed by atoms with Gasteiger partial charge >= 0.3 is 5.97 Å². The van der Waals surface area contributed by atoms with Gasteiger partial charge in [0.05, 0.1) is 18.2 Å². The molecule has 0 spiro atoms. The SMILES string of the molecule is COC(=O)C1(Cc2nc(Nc3cc(C)[nH]n3)ccc2F)CCNC(C)C1. The van der Waals surface area contributed by atoms with E-state index < -0.39 is 11.2 Å². The summed E-state index contributed by atoms with van der Waals surface area (Å²) in [5, 5.41) is 13.3. The van der Waals surface area contributed by atoms with Crippen LogP contribution in [-0.4, -0.2) is 40.8 Å². The molecule has 26 heavy (non-hydrogen) atoms. The molecule has 7 nitrogen and oxygen atoms in total. The zero-order valence-electron chi connectivity index (χ0n) is 15.2. The highest BCUT2D eigenvalue weighted by molar-refractivity contribution is 5.77. The van der Waals surface area contributed by atoms with Crippen molar-refractivity contribution in [1.29, 1.82) is 0 Å². The molecule has 8 heteroatoms. The second-order valence-corrected chi connectivity index (χ2v) is 6.94. The second-order valence-electron chi connectivity index (χ2n) is 6.94. The molecule has 1 saturated heterocycles. The predicted octanol–water partition coefficient (Wildman–Crippen LogP) is 2.47. The first kappa shape index (κ1) is 18.3. The summed E-state index contributed by atoms with van der Waals surface area (Å²) in [6.07, 6.45) is 1.37. The maximum Gasteiger partial charge on any atom is 0.312 e. The molecule has 3 N–H and O–H groups in total. The molecule has 1 fully saturated rings. The van der Waals surface area contributed by atoms with Gasteiger partial charge in [-0.1, -0.05) is 0 Å². The molecule has 140 valence electrons. The normalized spacial score (nSPS) is 22.8. The Kier molecular flexibility index (Phi) is 5.22. The maximum absolute atomic E-state index is 14.4. The molecule has 0 bridgehead atoms. The number of anilines is 2. The number of ether oxygens (including phenoxy) is 1. The number of hydrogen-bond acceptors (Lipinski definition) is 6. The lowest BCUT2D eigenvalue weighted by Crippen LogP contribution is -2.48. The molecule has 0 aliphatic carbocycles. The van der Waals surface area contributed by atoms with Gasteiger partial charge < -0.3 is 15.4 Å². The van der Waals surface area contributed by atoms with E-state index in [4.69, 9.17) is 4.74 Å². The number of aryl methyl sites for hydroxylation is 1. The van der Waals surface area contributed by atoms with E-state index in [0.29, 0.717) is 31.0 Å². The number of esters is 1. The molecule has 2 atom stereocenters. The van der Waals surface area contributed by atoms with Crippen LogP contribution in [0.25, 0.3) is 0 Å². The van der Waals surface area contributed by atoms with Crippen LogP contribution in [0.3, 0.4) is 0 Å². The third kappa shape index (κ3) is 3.85. The van der Waals surface area contributed by atoms with Gasteiger partial charge in [-0.05, 0) is 45.4 Å². The number of nitrogens with zero attached hydrogens (tertiary/aromatic N) is 2. The smallest absolute Gasteiger partial charge is 0.312 e. The minimum atomic E-state index is -0.769. The van der Waals surface area contributed by atoms with E-state index in [2.05, 4.69) is 25.8 Å². The maximum atomic E-state index is 14.4. The average Bonchev–Trinajstić information content (AvgIpc) is 3.02. The Bertz CT molecular complexity index is 794. The number of rotatable bonds is 5. The lowest BCUT2D eigenvalue weighted by molar-refractivity contribution is -0.155. The Hall–Kier alpha value is -2.48. The van der Waals surface area contributed by atoms with E-state index in [0.717, 1.165) is 5.69 Å². The zero-order valence-corrected chi connectivity index (χ0v) is 15.2. The van der Waals surface area contributed by atoms with E-state index in [9.17, 15) is 9.18 Å². The van der Waals surface area contributed by atoms with Crippen LogP contribution in [0.1, 0.15) is 31.2 Å². The van der Waals surface area contributed by atoms with Gasteiger partial charge in [-0.25, -0.2) is 9.37 Å². The summed E-state index contributed by atoms with van der Waals surface area (Å²) < 4.78 is 19.5. The van der Waals surface area contributed by atoms with Crippen LogP contribution in [0.4, 0.5) is 16.0 Å². The van der Waals surface area contributed by atoms with E-state index in [1.54, 1.807) is 6.07 Å². The molecular weight excluding hydrogens is 337 g/mol. The Balaban J connectivity index is 1.86. The number of aromatic nitrogens is 3. The molecule has 0 aromatic carbocycles. The molecule has 2 aromatic heterocycles. The Morgan fingerprint density at radius 2 is 2.27 bits per heavy atom. The van der Waals surface area contributed by atoms with Gasteiger partial charge in [-0.2, -0.15) is 5.10 Å². The molecule has 0 saturated carbocycles. The Labute approximate surface area is 151 Å². The summed E-state index contributed by atoms with van der Waals surface area (Å²) in [5.74, 6) is 0.345. The van der Waals surface area contributed by atoms with Gasteiger partial charge in [-0.15, -0.1) is 0 Å². The minimum absolute atomic E-state index is 0.152. The molecular formula is C18H24FN5O2. The van der Waals surface area contributed by atoms with Crippen molar-refractivity contribution in [2.24, 2.45) is 5.41 Å². The van der Waals surface area contributed by atoms with Crippen LogP contribution in [-0.2, 0) is 16.0 Å². The molecule has 1 aliphatic rings. The fraction of sp³-hybridized carbons (Fsp3) is 0.500. The van der Waals surface area contributed by atoms with Crippen molar-refractivity contribution in [2.75, 3.05) is 19.0 Å². The predicted molar refractivity (Wildman–Crippen MR) is 95.7 cm³/mol. The van der Waals surface area contributed by atoms with Crippen molar-refractivity contribution in [3.63, 3.8) is 0 Å². The highest BCUT2D eigenvalue weighted by Crippen LogP contribution is 2.37. The summed E-state index contributed by atoms with van der Waals surface area (Å²) >= 11 is 0. The van der Waals surface area contributed by atoms with Crippen molar-refractivity contribution in [1.82, 2.24) is 20.5 Å². The third-order valence-electron chi connectivity index (χ3n) is 4.80. The van der Waals surface area contributed by atoms with Gasteiger partial charge in [0.2, 0.25) is 0 Å². The number of halogens is 1. The summed E-state index contributed by atoms with van der Waals surface area (Å²) in [4.78, 5) is 16.9. The van der Waals surface area contributed by atoms with Crippen molar-refractivity contribution in [2.45, 2.75) is 39.2 Å². The molecule has 1 aliphatic heterocycles. The van der Waals surface area contributed by atoms with Crippen molar-refractivity contribution >= 4 is 17.6 Å². The summed E-state index contributed by atoms with van der Waals surface area (Å²) in [7, 11) is 1.37. The van der Waals surface area contributed by atoms with E-state index in [1.165, 1.54) is 13.2 Å². The number of pyridine rings is 1. The summed E-state index contributed by atoms with van der Waals surface area (Å²) in [5.41, 5.74) is 0.388. The number of carbonyl (C=O) groups excluding carboxylic acids is 1. The number of piperidine rings is 1. The lowest BCUT2D eigenvalue weighted by atomic mass is 9.73. The molecule has 0 radical (unpaired) electrons.